The Labute approximate surface area is 197 Å². The molecule has 34 heavy (non-hydrogen) atoms. The number of fused-ring (bicyclic) bond motifs is 1. The van der Waals surface area contributed by atoms with E-state index in [0.717, 1.165) is 39.3 Å². The summed E-state index contributed by atoms with van der Waals surface area (Å²) in [7, 11) is 1.99. The number of aryl methyl sites for hydroxylation is 1. The van der Waals surface area contributed by atoms with E-state index in [0.29, 0.717) is 18.0 Å². The summed E-state index contributed by atoms with van der Waals surface area (Å²) in [4.78, 5) is 26.3. The fourth-order valence-electron chi connectivity index (χ4n) is 3.80. The molecular weight excluding hydrogens is 424 g/mol. The van der Waals surface area contributed by atoms with Gasteiger partial charge in [0.05, 0.1) is 23.8 Å². The van der Waals surface area contributed by atoms with Gasteiger partial charge in [0.1, 0.15) is 24.0 Å². The Hall–Kier alpha value is -4.32. The molecule has 0 aliphatic rings. The summed E-state index contributed by atoms with van der Waals surface area (Å²) >= 11 is 0. The van der Waals surface area contributed by atoms with Crippen molar-refractivity contribution in [1.29, 1.82) is 0 Å². The zero-order valence-electron chi connectivity index (χ0n) is 19.1. The molecule has 6 nitrogen and oxygen atoms in total. The van der Waals surface area contributed by atoms with Gasteiger partial charge in [-0.2, -0.15) is 0 Å². The number of hydrogen-bond donors (Lipinski definition) is 0. The highest BCUT2D eigenvalue weighted by molar-refractivity contribution is 5.97. The van der Waals surface area contributed by atoms with Crippen LogP contribution in [0.5, 0.6) is 5.75 Å². The minimum absolute atomic E-state index is 0.0348. The second-order valence-corrected chi connectivity index (χ2v) is 8.21. The highest BCUT2D eigenvalue weighted by atomic mass is 16.5. The van der Waals surface area contributed by atoms with Gasteiger partial charge in [0, 0.05) is 29.8 Å². The van der Waals surface area contributed by atoms with Gasteiger partial charge in [0.25, 0.3) is 0 Å². The van der Waals surface area contributed by atoms with Gasteiger partial charge in [0.2, 0.25) is 0 Å². The van der Waals surface area contributed by atoms with Crippen molar-refractivity contribution in [1.82, 2.24) is 19.5 Å². The molecule has 6 heteroatoms. The van der Waals surface area contributed by atoms with Crippen molar-refractivity contribution in [2.75, 3.05) is 0 Å². The number of hydrogen-bond acceptors (Lipinski definition) is 5. The highest BCUT2D eigenvalue weighted by Crippen LogP contribution is 2.24. The lowest BCUT2D eigenvalue weighted by Gasteiger charge is -2.08. The number of carbonyl (C=O) groups is 1. The summed E-state index contributed by atoms with van der Waals surface area (Å²) in [5.41, 5.74) is 4.55. The minimum atomic E-state index is -0.0348. The van der Waals surface area contributed by atoms with Gasteiger partial charge in [-0.15, -0.1) is 0 Å². The number of Topliss-reactive ketones (excluding diaryl/α,β-unsaturated/α-hetero) is 1. The van der Waals surface area contributed by atoms with E-state index in [1.54, 1.807) is 18.3 Å². The SMILES string of the molecule is Cc1ncc(-c2ccc3cnc(CC(=O)c4ccc(OCc5ccccc5)cc4)nc3c2)n1C. The van der Waals surface area contributed by atoms with Gasteiger partial charge >= 0.3 is 0 Å². The monoisotopic (exact) mass is 448 g/mol. The van der Waals surface area contributed by atoms with E-state index >= 15 is 0 Å². The van der Waals surface area contributed by atoms with Crippen molar-refractivity contribution in [3.05, 3.63) is 108 Å². The van der Waals surface area contributed by atoms with Crippen LogP contribution in [-0.4, -0.2) is 25.3 Å². The molecule has 0 aliphatic heterocycles. The average molecular weight is 449 g/mol. The molecule has 2 aromatic heterocycles. The van der Waals surface area contributed by atoms with Gasteiger partial charge in [0.15, 0.2) is 5.78 Å². The number of imidazole rings is 1. The molecule has 0 atom stereocenters. The first-order valence-corrected chi connectivity index (χ1v) is 11.1. The molecule has 0 radical (unpaired) electrons. The molecule has 5 aromatic rings. The highest BCUT2D eigenvalue weighted by Gasteiger charge is 2.12. The Morgan fingerprint density at radius 3 is 2.47 bits per heavy atom. The smallest absolute Gasteiger partial charge is 0.170 e. The van der Waals surface area contributed by atoms with Crippen LogP contribution in [0.15, 0.2) is 85.2 Å². The average Bonchev–Trinajstić information content (AvgIpc) is 3.21. The molecule has 0 aliphatic carbocycles. The summed E-state index contributed by atoms with van der Waals surface area (Å²) in [6, 6.07) is 23.2. The molecule has 5 rings (SSSR count). The standard InChI is InChI=1S/C28H24N4O2/c1-19-29-17-26(32(19)2)22-8-9-23-16-30-28(31-25(23)14-22)15-27(33)21-10-12-24(13-11-21)34-18-20-6-4-3-5-7-20/h3-14,16-17H,15,18H2,1-2H3. The number of nitrogens with zero attached hydrogens (tertiary/aromatic N) is 4. The van der Waals surface area contributed by atoms with Crippen molar-refractivity contribution in [2.45, 2.75) is 20.0 Å². The van der Waals surface area contributed by atoms with Crippen LogP contribution >= 0.6 is 0 Å². The number of ether oxygens (including phenoxy) is 1. The van der Waals surface area contributed by atoms with Crippen LogP contribution in [-0.2, 0) is 20.1 Å². The Kier molecular flexibility index (Phi) is 5.87. The number of aromatic nitrogens is 4. The first-order chi connectivity index (χ1) is 16.6. The Bertz CT molecular complexity index is 1460. The molecule has 0 bridgehead atoms. The summed E-state index contributed by atoms with van der Waals surface area (Å²) in [5.74, 6) is 2.13. The lowest BCUT2D eigenvalue weighted by atomic mass is 10.1. The van der Waals surface area contributed by atoms with Crippen molar-refractivity contribution in [3.8, 4) is 17.0 Å². The molecule has 0 N–H and O–H groups in total. The zero-order chi connectivity index (χ0) is 23.5. The van der Waals surface area contributed by atoms with Crippen LogP contribution in [0, 0.1) is 6.92 Å². The van der Waals surface area contributed by atoms with Crippen LogP contribution in [0.3, 0.4) is 0 Å². The fourth-order valence-corrected chi connectivity index (χ4v) is 3.80. The van der Waals surface area contributed by atoms with E-state index in [1.807, 2.05) is 85.4 Å². The predicted octanol–water partition coefficient (Wildman–Crippen LogP) is 5.34. The van der Waals surface area contributed by atoms with Crippen molar-refractivity contribution in [2.24, 2.45) is 7.05 Å². The topological polar surface area (TPSA) is 69.9 Å². The maximum atomic E-state index is 12.8. The van der Waals surface area contributed by atoms with Crippen LogP contribution in [0.1, 0.15) is 27.6 Å². The third kappa shape index (κ3) is 4.57. The third-order valence-electron chi connectivity index (χ3n) is 5.89. The maximum Gasteiger partial charge on any atom is 0.170 e. The van der Waals surface area contributed by atoms with Crippen LogP contribution in [0.25, 0.3) is 22.2 Å². The fraction of sp³-hybridized carbons (Fsp3) is 0.143. The van der Waals surface area contributed by atoms with Gasteiger partial charge in [-0.3, -0.25) is 4.79 Å². The normalized spacial score (nSPS) is 11.0. The number of ketones is 1. The molecule has 0 saturated heterocycles. The van der Waals surface area contributed by atoms with E-state index in [-0.39, 0.29) is 12.2 Å². The Balaban J connectivity index is 1.29. The van der Waals surface area contributed by atoms with E-state index < -0.39 is 0 Å². The van der Waals surface area contributed by atoms with E-state index in [4.69, 9.17) is 4.74 Å². The van der Waals surface area contributed by atoms with Gasteiger partial charge in [-0.25, -0.2) is 15.0 Å². The van der Waals surface area contributed by atoms with Crippen LogP contribution in [0.4, 0.5) is 0 Å². The lowest BCUT2D eigenvalue weighted by Crippen LogP contribution is -2.07. The van der Waals surface area contributed by atoms with Gasteiger partial charge < -0.3 is 9.30 Å². The lowest BCUT2D eigenvalue weighted by molar-refractivity contribution is 0.0991. The molecule has 168 valence electrons. The van der Waals surface area contributed by atoms with E-state index in [9.17, 15) is 4.79 Å². The zero-order valence-corrected chi connectivity index (χ0v) is 19.1. The summed E-state index contributed by atoms with van der Waals surface area (Å²) in [6.45, 7) is 2.46. The molecule has 0 unspecified atom stereocenters. The van der Waals surface area contributed by atoms with Gasteiger partial charge in [-0.1, -0.05) is 42.5 Å². The maximum absolute atomic E-state index is 12.8. The molecule has 0 spiro atoms. The van der Waals surface area contributed by atoms with Gasteiger partial charge in [-0.05, 0) is 42.8 Å². The summed E-state index contributed by atoms with van der Waals surface area (Å²) < 4.78 is 7.85. The molecule has 0 amide bonds. The molecule has 0 fully saturated rings. The van der Waals surface area contributed by atoms with Crippen molar-refractivity contribution in [3.63, 3.8) is 0 Å². The third-order valence-corrected chi connectivity index (χ3v) is 5.89. The van der Waals surface area contributed by atoms with E-state index in [1.165, 1.54) is 0 Å². The van der Waals surface area contributed by atoms with E-state index in [2.05, 4.69) is 15.0 Å². The second kappa shape index (κ2) is 9.27. The molecule has 3 aromatic carbocycles. The summed E-state index contributed by atoms with van der Waals surface area (Å²) in [5, 5.41) is 0.929. The first kappa shape index (κ1) is 21.5. The quantitative estimate of drug-likeness (QED) is 0.314. The number of carbonyl (C=O) groups excluding carboxylic acids is 1. The molecular formula is C28H24N4O2. The van der Waals surface area contributed by atoms with Crippen LogP contribution in [0.2, 0.25) is 0 Å². The Morgan fingerprint density at radius 2 is 1.74 bits per heavy atom. The predicted molar refractivity (Wildman–Crippen MR) is 132 cm³/mol. The largest absolute Gasteiger partial charge is 0.489 e. The first-order valence-electron chi connectivity index (χ1n) is 11.1. The van der Waals surface area contributed by atoms with Crippen molar-refractivity contribution < 1.29 is 9.53 Å². The molecule has 0 saturated carbocycles. The number of rotatable bonds is 7. The Morgan fingerprint density at radius 1 is 0.941 bits per heavy atom. The number of benzene rings is 3. The summed E-state index contributed by atoms with van der Waals surface area (Å²) in [6.07, 6.45) is 3.76. The second-order valence-electron chi connectivity index (χ2n) is 8.21. The van der Waals surface area contributed by atoms with Crippen LogP contribution < -0.4 is 4.74 Å². The van der Waals surface area contributed by atoms with Crippen molar-refractivity contribution >= 4 is 16.7 Å². The minimum Gasteiger partial charge on any atom is -0.489 e. The molecule has 2 heterocycles.